The van der Waals surface area contributed by atoms with Gasteiger partial charge in [-0.15, -0.1) is 16.4 Å². The predicted octanol–water partition coefficient (Wildman–Crippen LogP) is 2.67. The van der Waals surface area contributed by atoms with Gasteiger partial charge in [0, 0.05) is 0 Å². The quantitative estimate of drug-likeness (QED) is 0.164. The van der Waals surface area contributed by atoms with Crippen LogP contribution in [0.1, 0.15) is 19.8 Å². The number of rotatable bonds is 6. The average molecular weight is 673 g/mol. The Hall–Kier alpha value is -2.08. The Balaban J connectivity index is 0.00000400. The van der Waals surface area contributed by atoms with Gasteiger partial charge in [0.2, 0.25) is 0 Å². The van der Waals surface area contributed by atoms with E-state index < -0.39 is 123 Å². The Morgan fingerprint density at radius 1 is 0.375 bits per heavy atom. The molecule has 3 aromatic carbocycles. The van der Waals surface area contributed by atoms with Crippen molar-refractivity contribution in [3.63, 3.8) is 0 Å². The zero-order chi connectivity index (χ0) is 29.0. The van der Waals surface area contributed by atoms with Gasteiger partial charge in [0.05, 0.1) is 0 Å². The third kappa shape index (κ3) is 5.07. The molecule has 18 heteroatoms. The first-order valence-corrected chi connectivity index (χ1v) is 10.3. The second kappa shape index (κ2) is 12.8. The molecule has 40 heavy (non-hydrogen) atoms. The fraction of sp³-hybridized carbons (Fsp3) is 0.182. The van der Waals surface area contributed by atoms with Crippen LogP contribution in [0.15, 0.2) is 0 Å². The Labute approximate surface area is 241 Å². The minimum Gasteiger partial charge on any atom is -1.00 e. The van der Waals surface area contributed by atoms with Crippen LogP contribution in [0.2, 0.25) is 6.32 Å². The summed E-state index contributed by atoms with van der Waals surface area (Å²) in [6, 6.07) is 0. The van der Waals surface area contributed by atoms with E-state index in [0.29, 0.717) is 0 Å². The van der Waals surface area contributed by atoms with Gasteiger partial charge in [-0.05, 0) is 0 Å². The van der Waals surface area contributed by atoms with Crippen molar-refractivity contribution in [3.05, 3.63) is 87.3 Å². The molecule has 0 bridgehead atoms. The van der Waals surface area contributed by atoms with Crippen molar-refractivity contribution < 1.29 is 82.8 Å². The molecule has 214 valence electrons. The summed E-state index contributed by atoms with van der Waals surface area (Å²) in [5.74, 6) is -44.7. The minimum atomic E-state index is -5.41. The molecule has 0 saturated carbocycles. The van der Waals surface area contributed by atoms with Gasteiger partial charge >= 0.3 is 23.1 Å². The first-order chi connectivity index (χ1) is 17.6. The second-order valence-corrected chi connectivity index (χ2v) is 8.14. The van der Waals surface area contributed by atoms with Crippen molar-refractivity contribution in [2.24, 2.45) is 0 Å². The number of benzene rings is 3. The van der Waals surface area contributed by atoms with E-state index in [1.54, 1.807) is 0 Å². The Bertz CT molecular complexity index is 1230. The van der Waals surface area contributed by atoms with Crippen molar-refractivity contribution in [1.82, 2.24) is 0 Å². The number of halogens is 16. The van der Waals surface area contributed by atoms with Crippen molar-refractivity contribution >= 4 is 45.6 Å². The molecule has 0 aliphatic carbocycles. The van der Waals surface area contributed by atoms with Crippen LogP contribution in [-0.2, 0) is 0 Å². The zero-order valence-electron chi connectivity index (χ0n) is 19.5. The molecule has 0 aliphatic heterocycles. The van der Waals surface area contributed by atoms with Gasteiger partial charge < -0.3 is 17.0 Å². The van der Waals surface area contributed by atoms with Crippen LogP contribution in [-0.4, -0.2) is 29.2 Å². The van der Waals surface area contributed by atoms with Gasteiger partial charge in [-0.25, -0.2) is 65.9 Å². The Morgan fingerprint density at radius 3 is 0.725 bits per heavy atom. The molecule has 0 N–H and O–H groups in total. The van der Waals surface area contributed by atoms with Gasteiger partial charge in [0.15, 0.2) is 52.4 Å². The van der Waals surface area contributed by atoms with E-state index in [4.69, 9.17) is 0 Å². The minimum absolute atomic E-state index is 0. The maximum absolute atomic E-state index is 15.1. The molecule has 0 atom stereocenters. The SMILES string of the molecule is CCCC[B-](c1c(F)c(F)c(F)c(F)c1F)(c1c(F)c(F)c(F)c(F)c1F)c1c(F)c(F)c(F)c(F)c1F.[Br-].[Mg+2]. The van der Waals surface area contributed by atoms with Crippen molar-refractivity contribution in [2.75, 3.05) is 0 Å². The van der Waals surface area contributed by atoms with Crippen LogP contribution in [0.3, 0.4) is 0 Å². The van der Waals surface area contributed by atoms with E-state index >= 15 is 26.3 Å². The van der Waals surface area contributed by atoms with Crippen molar-refractivity contribution in [1.29, 1.82) is 0 Å². The normalized spacial score (nSPS) is 11.4. The maximum Gasteiger partial charge on any atom is 2.00 e. The topological polar surface area (TPSA) is 0 Å². The second-order valence-electron chi connectivity index (χ2n) is 8.14. The van der Waals surface area contributed by atoms with Gasteiger partial charge in [-0.2, -0.15) is 6.32 Å². The van der Waals surface area contributed by atoms with Crippen LogP contribution in [0, 0.1) is 87.3 Å². The molecular weight excluding hydrogens is 664 g/mol. The van der Waals surface area contributed by atoms with Crippen LogP contribution in [0.25, 0.3) is 0 Å². The molecule has 0 saturated heterocycles. The molecule has 0 fully saturated rings. The van der Waals surface area contributed by atoms with E-state index in [2.05, 4.69) is 0 Å². The molecule has 0 unspecified atom stereocenters. The fourth-order valence-electron chi connectivity index (χ4n) is 4.54. The third-order valence-corrected chi connectivity index (χ3v) is 6.20. The number of hydrogen-bond donors (Lipinski definition) is 0. The van der Waals surface area contributed by atoms with Crippen LogP contribution >= 0.6 is 0 Å². The van der Waals surface area contributed by atoms with Gasteiger partial charge in [0.25, 0.3) is 0 Å². The summed E-state index contributed by atoms with van der Waals surface area (Å²) in [6.45, 7) is 1.18. The average Bonchev–Trinajstić information content (AvgIpc) is 2.89. The summed E-state index contributed by atoms with van der Waals surface area (Å²) in [7, 11) is 0. The van der Waals surface area contributed by atoms with E-state index in [1.807, 2.05) is 0 Å². The monoisotopic (exact) mass is 672 g/mol. The smallest absolute Gasteiger partial charge is 1.00 e. The van der Waals surface area contributed by atoms with E-state index in [9.17, 15) is 39.5 Å². The van der Waals surface area contributed by atoms with E-state index in [0.717, 1.165) is 0 Å². The van der Waals surface area contributed by atoms with Crippen molar-refractivity contribution in [3.8, 4) is 0 Å². The van der Waals surface area contributed by atoms with Crippen LogP contribution in [0.5, 0.6) is 0 Å². The molecule has 3 aromatic rings. The summed E-state index contributed by atoms with van der Waals surface area (Å²) in [5.41, 5.74) is -7.70. The summed E-state index contributed by atoms with van der Waals surface area (Å²) in [6.07, 6.45) is -8.14. The van der Waals surface area contributed by atoms with Gasteiger partial charge in [0.1, 0.15) is 41.0 Å². The largest absolute Gasteiger partial charge is 2.00 e. The summed E-state index contributed by atoms with van der Waals surface area (Å²) >= 11 is 0. The van der Waals surface area contributed by atoms with Crippen LogP contribution in [0.4, 0.5) is 65.9 Å². The Kier molecular flexibility index (Phi) is 11.5. The van der Waals surface area contributed by atoms with Crippen molar-refractivity contribution in [2.45, 2.75) is 26.1 Å². The molecule has 0 nitrogen and oxygen atoms in total. The molecule has 0 radical (unpaired) electrons. The standard InChI is InChI=1S/C22H9BF15.BrH.Mg/c1-2-3-4-23(5-8(24)14(30)20(36)15(31)9(5)25,6-10(26)16(32)21(37)17(33)11(6)27)7-12(28)18(34)22(38)19(35)13(7)29;;/h2-4H2,1H3;1H;/q-1;;+2/p-1. The first kappa shape index (κ1) is 35.9. The zero-order valence-corrected chi connectivity index (χ0v) is 22.5. The predicted molar refractivity (Wildman–Crippen MR) is 109 cm³/mol. The molecule has 0 aromatic heterocycles. The molecular formula is C22H9BBrF15Mg. The van der Waals surface area contributed by atoms with E-state index in [-0.39, 0.29) is 46.5 Å². The summed E-state index contributed by atoms with van der Waals surface area (Å²) in [5, 5.41) is 0. The summed E-state index contributed by atoms with van der Waals surface area (Å²) in [4.78, 5) is 0. The molecule has 0 amide bonds. The molecule has 3 rings (SSSR count). The first-order valence-electron chi connectivity index (χ1n) is 10.3. The molecule has 0 heterocycles. The Morgan fingerprint density at radius 2 is 0.550 bits per heavy atom. The van der Waals surface area contributed by atoms with Gasteiger partial charge in [-0.3, -0.25) is 0 Å². The van der Waals surface area contributed by atoms with E-state index in [1.165, 1.54) is 6.92 Å². The third-order valence-electron chi connectivity index (χ3n) is 6.20. The maximum atomic E-state index is 15.1. The van der Waals surface area contributed by atoms with Crippen LogP contribution < -0.4 is 33.4 Å². The fourth-order valence-corrected chi connectivity index (χ4v) is 4.54. The molecule has 0 aliphatic rings. The summed E-state index contributed by atoms with van der Waals surface area (Å²) < 4.78 is 217. The molecule has 0 spiro atoms. The number of hydrogen-bond acceptors (Lipinski definition) is 0. The van der Waals surface area contributed by atoms with Gasteiger partial charge in [-0.1, -0.05) is 19.8 Å². The number of unbranched alkanes of at least 4 members (excludes halogenated alkanes) is 1.